The first-order valence-electron chi connectivity index (χ1n) is 6.69. The number of carbonyl (C=O) groups excluding carboxylic acids is 1. The number of hydrogen-bond acceptors (Lipinski definition) is 6. The van der Waals surface area contributed by atoms with Crippen LogP contribution in [0.3, 0.4) is 0 Å². The van der Waals surface area contributed by atoms with Gasteiger partial charge in [-0.05, 0) is 50.0 Å². The molecule has 8 heteroatoms. The van der Waals surface area contributed by atoms with Crippen molar-refractivity contribution in [2.75, 3.05) is 5.75 Å². The normalized spacial score (nSPS) is 17.1. The number of amides is 1. The van der Waals surface area contributed by atoms with Gasteiger partial charge in [-0.15, -0.1) is 5.10 Å². The fourth-order valence-electron chi connectivity index (χ4n) is 2.28. The Hall–Kier alpha value is -1.62. The Kier molecular flexibility index (Phi) is 4.60. The SMILES string of the molecule is CC(C)n1nnnc1SCC(=O)NC1(C#N)CCCC1. The van der Waals surface area contributed by atoms with Crippen LogP contribution in [0.5, 0.6) is 0 Å². The van der Waals surface area contributed by atoms with Crippen molar-refractivity contribution in [2.24, 2.45) is 0 Å². The summed E-state index contributed by atoms with van der Waals surface area (Å²) in [5.74, 6) is 0.0769. The average Bonchev–Trinajstić information content (AvgIpc) is 3.05. The lowest BCUT2D eigenvalue weighted by Crippen LogP contribution is -2.45. The van der Waals surface area contributed by atoms with E-state index in [0.717, 1.165) is 25.7 Å². The van der Waals surface area contributed by atoms with E-state index in [2.05, 4.69) is 26.9 Å². The van der Waals surface area contributed by atoms with Gasteiger partial charge in [0.25, 0.3) is 0 Å². The van der Waals surface area contributed by atoms with E-state index >= 15 is 0 Å². The number of tetrazole rings is 1. The van der Waals surface area contributed by atoms with Crippen molar-refractivity contribution in [1.82, 2.24) is 25.5 Å². The topological polar surface area (TPSA) is 96.5 Å². The molecule has 0 atom stereocenters. The molecule has 0 aromatic carbocycles. The highest BCUT2D eigenvalue weighted by atomic mass is 32.2. The zero-order valence-electron chi connectivity index (χ0n) is 11.7. The molecule has 20 heavy (non-hydrogen) atoms. The van der Waals surface area contributed by atoms with E-state index in [1.807, 2.05) is 13.8 Å². The van der Waals surface area contributed by atoms with Crippen LogP contribution in [0.25, 0.3) is 0 Å². The number of nitriles is 1. The van der Waals surface area contributed by atoms with Crippen LogP contribution < -0.4 is 5.32 Å². The molecule has 1 aliphatic rings. The summed E-state index contributed by atoms with van der Waals surface area (Å²) in [6.07, 6.45) is 3.46. The summed E-state index contributed by atoms with van der Waals surface area (Å²) >= 11 is 1.29. The fraction of sp³-hybridized carbons (Fsp3) is 0.750. The monoisotopic (exact) mass is 294 g/mol. The van der Waals surface area contributed by atoms with Crippen LogP contribution in [-0.4, -0.2) is 37.4 Å². The molecule has 1 fully saturated rings. The summed E-state index contributed by atoms with van der Waals surface area (Å²) in [5, 5.41) is 24.1. The van der Waals surface area contributed by atoms with Crippen molar-refractivity contribution >= 4 is 17.7 Å². The Balaban J connectivity index is 1.89. The van der Waals surface area contributed by atoms with Gasteiger partial charge in [0.2, 0.25) is 11.1 Å². The summed E-state index contributed by atoms with van der Waals surface area (Å²) in [7, 11) is 0. The molecule has 1 amide bonds. The molecule has 1 saturated carbocycles. The number of aromatic nitrogens is 4. The smallest absolute Gasteiger partial charge is 0.231 e. The zero-order chi connectivity index (χ0) is 14.6. The average molecular weight is 294 g/mol. The number of thioether (sulfide) groups is 1. The summed E-state index contributed by atoms with van der Waals surface area (Å²) in [4.78, 5) is 12.0. The molecule has 0 spiro atoms. The molecule has 2 rings (SSSR count). The van der Waals surface area contributed by atoms with E-state index in [-0.39, 0.29) is 17.7 Å². The molecule has 108 valence electrons. The fourth-order valence-corrected chi connectivity index (χ4v) is 3.09. The minimum atomic E-state index is -0.665. The van der Waals surface area contributed by atoms with Gasteiger partial charge in [0.05, 0.1) is 17.9 Å². The van der Waals surface area contributed by atoms with Gasteiger partial charge in [0.1, 0.15) is 5.54 Å². The van der Waals surface area contributed by atoms with Gasteiger partial charge >= 0.3 is 0 Å². The zero-order valence-corrected chi connectivity index (χ0v) is 12.5. The third-order valence-electron chi connectivity index (χ3n) is 3.33. The molecule has 7 nitrogen and oxygen atoms in total. The van der Waals surface area contributed by atoms with Crippen LogP contribution in [0.2, 0.25) is 0 Å². The second-order valence-corrected chi connectivity index (χ2v) is 6.18. The molecule has 1 aliphatic carbocycles. The van der Waals surface area contributed by atoms with Crippen molar-refractivity contribution in [2.45, 2.75) is 56.3 Å². The minimum Gasteiger partial charge on any atom is -0.337 e. The van der Waals surface area contributed by atoms with Gasteiger partial charge in [-0.1, -0.05) is 11.8 Å². The van der Waals surface area contributed by atoms with E-state index in [4.69, 9.17) is 0 Å². The van der Waals surface area contributed by atoms with Gasteiger partial charge in [-0.25, -0.2) is 4.68 Å². The van der Waals surface area contributed by atoms with Crippen molar-refractivity contribution in [3.05, 3.63) is 0 Å². The highest BCUT2D eigenvalue weighted by Crippen LogP contribution is 2.29. The second kappa shape index (κ2) is 6.22. The van der Waals surface area contributed by atoms with E-state index in [9.17, 15) is 10.1 Å². The van der Waals surface area contributed by atoms with E-state index in [1.54, 1.807) is 4.68 Å². The summed E-state index contributed by atoms with van der Waals surface area (Å²) in [6, 6.07) is 2.39. The van der Waals surface area contributed by atoms with Gasteiger partial charge in [0.15, 0.2) is 0 Å². The van der Waals surface area contributed by atoms with Gasteiger partial charge < -0.3 is 5.32 Å². The molecule has 0 unspecified atom stereocenters. The standard InChI is InChI=1S/C12H18N6OS/c1-9(2)18-11(15-16-17-18)20-7-10(19)14-12(8-13)5-3-4-6-12/h9H,3-7H2,1-2H3,(H,14,19). The highest BCUT2D eigenvalue weighted by molar-refractivity contribution is 7.99. The Morgan fingerprint density at radius 2 is 2.25 bits per heavy atom. The third-order valence-corrected chi connectivity index (χ3v) is 4.27. The first kappa shape index (κ1) is 14.8. The molecule has 0 radical (unpaired) electrons. The number of nitrogens with zero attached hydrogens (tertiary/aromatic N) is 5. The molecular formula is C12H18N6OS. The first-order chi connectivity index (χ1) is 9.56. The number of rotatable bonds is 5. The second-order valence-electron chi connectivity index (χ2n) is 5.24. The maximum Gasteiger partial charge on any atom is 0.231 e. The van der Waals surface area contributed by atoms with E-state index in [1.165, 1.54) is 11.8 Å². The van der Waals surface area contributed by atoms with E-state index < -0.39 is 5.54 Å². The number of carbonyl (C=O) groups is 1. The Morgan fingerprint density at radius 1 is 1.55 bits per heavy atom. The van der Waals surface area contributed by atoms with Crippen LogP contribution in [0.4, 0.5) is 0 Å². The van der Waals surface area contributed by atoms with Crippen LogP contribution in [0, 0.1) is 11.3 Å². The highest BCUT2D eigenvalue weighted by Gasteiger charge is 2.35. The Labute approximate surface area is 122 Å². The maximum atomic E-state index is 12.0. The first-order valence-corrected chi connectivity index (χ1v) is 7.68. The molecule has 0 aliphatic heterocycles. The van der Waals surface area contributed by atoms with Gasteiger partial charge in [-0.3, -0.25) is 4.79 Å². The van der Waals surface area contributed by atoms with Crippen LogP contribution >= 0.6 is 11.8 Å². The van der Waals surface area contributed by atoms with Crippen LogP contribution in [0.1, 0.15) is 45.6 Å². The molecular weight excluding hydrogens is 276 g/mol. The Morgan fingerprint density at radius 3 is 2.85 bits per heavy atom. The molecule has 1 aromatic heterocycles. The predicted octanol–water partition coefficient (Wildman–Crippen LogP) is 1.30. The molecule has 1 aromatic rings. The lowest BCUT2D eigenvalue weighted by molar-refractivity contribution is -0.119. The van der Waals surface area contributed by atoms with Crippen molar-refractivity contribution in [3.8, 4) is 6.07 Å². The number of nitrogens with one attached hydrogen (secondary N) is 1. The lowest BCUT2D eigenvalue weighted by atomic mass is 10.0. The maximum absolute atomic E-state index is 12.0. The predicted molar refractivity (Wildman–Crippen MR) is 73.9 cm³/mol. The van der Waals surface area contributed by atoms with Crippen LogP contribution in [-0.2, 0) is 4.79 Å². The summed E-state index contributed by atoms with van der Waals surface area (Å²) < 4.78 is 1.67. The molecule has 0 bridgehead atoms. The van der Waals surface area contributed by atoms with Crippen molar-refractivity contribution in [3.63, 3.8) is 0 Å². The van der Waals surface area contributed by atoms with E-state index in [0.29, 0.717) is 5.16 Å². The van der Waals surface area contributed by atoms with Crippen molar-refractivity contribution in [1.29, 1.82) is 5.26 Å². The van der Waals surface area contributed by atoms with Gasteiger partial charge in [-0.2, -0.15) is 5.26 Å². The number of hydrogen-bond donors (Lipinski definition) is 1. The van der Waals surface area contributed by atoms with Crippen molar-refractivity contribution < 1.29 is 4.79 Å². The van der Waals surface area contributed by atoms with Gasteiger partial charge in [0, 0.05) is 0 Å². The third kappa shape index (κ3) is 3.28. The largest absolute Gasteiger partial charge is 0.337 e. The van der Waals surface area contributed by atoms with Crippen LogP contribution in [0.15, 0.2) is 5.16 Å². The quantitative estimate of drug-likeness (QED) is 0.822. The summed E-state index contributed by atoms with van der Waals surface area (Å²) in [6.45, 7) is 3.95. The summed E-state index contributed by atoms with van der Waals surface area (Å²) in [5.41, 5.74) is -0.665. The minimum absolute atomic E-state index is 0.142. The molecule has 0 saturated heterocycles. The lowest BCUT2D eigenvalue weighted by Gasteiger charge is -2.21. The molecule has 1 N–H and O–H groups in total. The Bertz CT molecular complexity index is 514. The molecule has 1 heterocycles.